The zero-order valence-corrected chi connectivity index (χ0v) is 21.9. The largest absolute Gasteiger partial charge is 0.514 e. The van der Waals surface area contributed by atoms with Crippen molar-refractivity contribution in [3.8, 4) is 17.0 Å². The van der Waals surface area contributed by atoms with Crippen LogP contribution in [0.25, 0.3) is 11.3 Å². The Kier molecular flexibility index (Phi) is 7.97. The number of aryl methyl sites for hydroxylation is 1. The normalized spacial score (nSPS) is 11.7. The van der Waals surface area contributed by atoms with Gasteiger partial charge in [-0.15, -0.1) is 0 Å². The molecule has 0 radical (unpaired) electrons. The topological polar surface area (TPSA) is 122 Å². The Morgan fingerprint density at radius 3 is 2.30 bits per heavy atom. The quantitative estimate of drug-likeness (QED) is 0.331. The van der Waals surface area contributed by atoms with Crippen LogP contribution < -0.4 is 10.3 Å². The summed E-state index contributed by atoms with van der Waals surface area (Å²) >= 11 is 0. The molecule has 0 unspecified atom stereocenters. The van der Waals surface area contributed by atoms with Crippen LogP contribution in [0.15, 0.2) is 53.3 Å². The Balaban J connectivity index is 2.23. The zero-order chi connectivity index (χ0) is 27.5. The highest BCUT2D eigenvalue weighted by atomic mass is 32.2. The Morgan fingerprint density at radius 1 is 1.05 bits per heavy atom. The van der Waals surface area contributed by atoms with Gasteiger partial charge in [-0.05, 0) is 56.7 Å². The molecule has 0 amide bonds. The van der Waals surface area contributed by atoms with Crippen molar-refractivity contribution in [1.82, 2.24) is 9.78 Å². The number of ketones is 1. The lowest BCUT2D eigenvalue weighted by Gasteiger charge is -2.20. The third-order valence-corrected chi connectivity index (χ3v) is 6.81. The van der Waals surface area contributed by atoms with Crippen LogP contribution in [0.2, 0.25) is 0 Å². The van der Waals surface area contributed by atoms with Crippen molar-refractivity contribution in [1.29, 1.82) is 0 Å². The third kappa shape index (κ3) is 7.10. The number of carbonyl (C=O) groups is 2. The molecule has 0 saturated carbocycles. The molecule has 0 fully saturated rings. The summed E-state index contributed by atoms with van der Waals surface area (Å²) in [5.41, 5.74) is -0.838. The van der Waals surface area contributed by atoms with E-state index in [1.165, 1.54) is 44.3 Å². The molecular formula is C26H27FN2O7S. The van der Waals surface area contributed by atoms with Crippen LogP contribution in [-0.2, 0) is 27.4 Å². The average Bonchev–Trinajstić information content (AvgIpc) is 2.80. The van der Waals surface area contributed by atoms with Crippen molar-refractivity contribution in [3.63, 3.8) is 0 Å². The van der Waals surface area contributed by atoms with Crippen molar-refractivity contribution >= 4 is 21.8 Å². The Labute approximate surface area is 213 Å². The number of ether oxygens (including phenoxy) is 2. The molecule has 0 aliphatic heterocycles. The second kappa shape index (κ2) is 10.6. The molecule has 0 spiro atoms. The molecule has 0 aliphatic rings. The smallest absolute Gasteiger partial charge is 0.428 e. The molecule has 0 atom stereocenters. The maximum absolute atomic E-state index is 13.4. The summed E-state index contributed by atoms with van der Waals surface area (Å²) in [5.74, 6) is -1.72. The number of rotatable bonds is 7. The van der Waals surface area contributed by atoms with E-state index in [2.05, 4.69) is 5.10 Å². The Morgan fingerprint density at radius 2 is 1.70 bits per heavy atom. The molecule has 1 heterocycles. The van der Waals surface area contributed by atoms with Crippen molar-refractivity contribution in [3.05, 3.63) is 81.4 Å². The maximum atomic E-state index is 13.4. The Bertz CT molecular complexity index is 1510. The summed E-state index contributed by atoms with van der Waals surface area (Å²) in [7, 11) is -2.06. The van der Waals surface area contributed by atoms with Gasteiger partial charge >= 0.3 is 6.16 Å². The second-order valence-corrected chi connectivity index (χ2v) is 11.6. The van der Waals surface area contributed by atoms with Crippen LogP contribution in [0, 0.1) is 5.82 Å². The number of hydrogen-bond acceptors (Lipinski definition) is 8. The van der Waals surface area contributed by atoms with Crippen LogP contribution in [-0.4, -0.2) is 41.5 Å². The maximum Gasteiger partial charge on any atom is 0.514 e. The van der Waals surface area contributed by atoms with Crippen molar-refractivity contribution in [2.75, 3.05) is 5.75 Å². The third-order valence-electron chi connectivity index (χ3n) is 5.16. The van der Waals surface area contributed by atoms with Gasteiger partial charge in [0.2, 0.25) is 0 Å². The fraction of sp³-hybridized carbons (Fsp3) is 0.308. The van der Waals surface area contributed by atoms with Gasteiger partial charge in [0.15, 0.2) is 21.4 Å². The first kappa shape index (κ1) is 27.7. The van der Waals surface area contributed by atoms with Gasteiger partial charge in [-0.2, -0.15) is 5.10 Å². The summed E-state index contributed by atoms with van der Waals surface area (Å²) < 4.78 is 49.5. The standard InChI is InChI=1S/C26H27FN2O7S/c1-6-37(33,34)15-16-7-12-19(24(31)17-8-10-18(27)11-9-17)20(13-16)23-21(14-22(30)29(5)28-23)35-25(32)36-26(2,3)4/h7-14H,6,15H2,1-5H3. The first-order valence-electron chi connectivity index (χ1n) is 11.3. The minimum atomic E-state index is -3.43. The van der Waals surface area contributed by atoms with E-state index in [1.807, 2.05) is 0 Å². The summed E-state index contributed by atoms with van der Waals surface area (Å²) in [5, 5.41) is 4.21. The molecule has 0 bridgehead atoms. The van der Waals surface area contributed by atoms with Crippen LogP contribution in [0.4, 0.5) is 9.18 Å². The second-order valence-electron chi connectivity index (χ2n) is 9.28. The molecule has 196 valence electrons. The van der Waals surface area contributed by atoms with Gasteiger partial charge in [0.05, 0.1) is 11.8 Å². The molecule has 1 aromatic heterocycles. The Hall–Kier alpha value is -3.86. The van der Waals surface area contributed by atoms with Crippen molar-refractivity contribution in [2.24, 2.45) is 7.05 Å². The van der Waals surface area contributed by atoms with E-state index < -0.39 is 38.8 Å². The SMILES string of the molecule is CCS(=O)(=O)Cc1ccc(C(=O)c2ccc(F)cc2)c(-c2nn(C)c(=O)cc2OC(=O)OC(C)(C)C)c1. The fourth-order valence-electron chi connectivity index (χ4n) is 3.34. The lowest BCUT2D eigenvalue weighted by atomic mass is 9.94. The number of carbonyl (C=O) groups excluding carboxylic acids is 2. The molecule has 2 aromatic carbocycles. The minimum Gasteiger partial charge on any atom is -0.428 e. The van der Waals surface area contributed by atoms with Gasteiger partial charge in [-0.25, -0.2) is 22.3 Å². The molecule has 3 rings (SSSR count). The van der Waals surface area contributed by atoms with E-state index in [9.17, 15) is 27.2 Å². The first-order chi connectivity index (χ1) is 17.2. The summed E-state index contributed by atoms with van der Waals surface area (Å²) in [6.07, 6.45) is -1.10. The fourth-order valence-corrected chi connectivity index (χ4v) is 4.23. The van der Waals surface area contributed by atoms with E-state index >= 15 is 0 Å². The van der Waals surface area contributed by atoms with Gasteiger partial charge in [0.25, 0.3) is 5.56 Å². The number of sulfone groups is 1. The highest BCUT2D eigenvalue weighted by Crippen LogP contribution is 2.33. The number of benzene rings is 2. The van der Waals surface area contributed by atoms with Crippen LogP contribution in [0.3, 0.4) is 0 Å². The van der Waals surface area contributed by atoms with Gasteiger partial charge in [-0.1, -0.05) is 19.1 Å². The van der Waals surface area contributed by atoms with Gasteiger partial charge in [0, 0.05) is 29.5 Å². The summed E-state index contributed by atoms with van der Waals surface area (Å²) in [4.78, 5) is 38.2. The number of hydrogen-bond donors (Lipinski definition) is 0. The van der Waals surface area contributed by atoms with Gasteiger partial charge in [0.1, 0.15) is 17.1 Å². The predicted molar refractivity (Wildman–Crippen MR) is 135 cm³/mol. The monoisotopic (exact) mass is 530 g/mol. The molecule has 0 saturated heterocycles. The molecule has 37 heavy (non-hydrogen) atoms. The first-order valence-corrected chi connectivity index (χ1v) is 13.1. The molecule has 0 N–H and O–H groups in total. The highest BCUT2D eigenvalue weighted by molar-refractivity contribution is 7.90. The molecule has 11 heteroatoms. The van der Waals surface area contributed by atoms with Crippen LogP contribution >= 0.6 is 0 Å². The van der Waals surface area contributed by atoms with Crippen molar-refractivity contribution in [2.45, 2.75) is 39.0 Å². The predicted octanol–water partition coefficient (Wildman–Crippen LogP) is 4.07. The number of aromatic nitrogens is 2. The molecule has 0 aliphatic carbocycles. The van der Waals surface area contributed by atoms with Crippen LogP contribution in [0.5, 0.6) is 5.75 Å². The average molecular weight is 531 g/mol. The lowest BCUT2D eigenvalue weighted by Crippen LogP contribution is -2.27. The van der Waals surface area contributed by atoms with E-state index in [4.69, 9.17) is 9.47 Å². The molecule has 9 nitrogen and oxygen atoms in total. The summed E-state index contributed by atoms with van der Waals surface area (Å²) in [6, 6.07) is 10.3. The number of halogens is 1. The lowest BCUT2D eigenvalue weighted by molar-refractivity contribution is 0.0206. The minimum absolute atomic E-state index is 0.0610. The van der Waals surface area contributed by atoms with E-state index in [0.29, 0.717) is 5.56 Å². The highest BCUT2D eigenvalue weighted by Gasteiger charge is 2.25. The van der Waals surface area contributed by atoms with E-state index in [-0.39, 0.29) is 39.6 Å². The molecule has 3 aromatic rings. The molecular weight excluding hydrogens is 503 g/mol. The van der Waals surface area contributed by atoms with Crippen molar-refractivity contribution < 1.29 is 31.9 Å². The van der Waals surface area contributed by atoms with Crippen LogP contribution in [0.1, 0.15) is 49.2 Å². The zero-order valence-electron chi connectivity index (χ0n) is 21.1. The summed E-state index contributed by atoms with van der Waals surface area (Å²) in [6.45, 7) is 6.42. The van der Waals surface area contributed by atoms with Gasteiger partial charge < -0.3 is 9.47 Å². The van der Waals surface area contributed by atoms with E-state index in [1.54, 1.807) is 20.8 Å². The number of nitrogens with zero attached hydrogens (tertiary/aromatic N) is 2. The van der Waals surface area contributed by atoms with E-state index in [0.717, 1.165) is 22.9 Å². The van der Waals surface area contributed by atoms with Gasteiger partial charge in [-0.3, -0.25) is 9.59 Å².